The Hall–Kier alpha value is -3.40. The lowest BCUT2D eigenvalue weighted by Gasteiger charge is -2.30. The summed E-state index contributed by atoms with van der Waals surface area (Å²) in [5.74, 6) is 0. The van der Waals surface area contributed by atoms with Crippen molar-refractivity contribution in [1.82, 2.24) is 4.90 Å². The molecular formula is C24H35N3O7. The number of anilines is 1. The van der Waals surface area contributed by atoms with Crippen LogP contribution in [0.4, 0.5) is 20.1 Å². The fourth-order valence-electron chi connectivity index (χ4n) is 2.57. The van der Waals surface area contributed by atoms with E-state index in [-0.39, 0.29) is 19.8 Å². The van der Waals surface area contributed by atoms with Crippen LogP contribution in [0.15, 0.2) is 42.1 Å². The molecule has 0 spiro atoms. The lowest BCUT2D eigenvalue weighted by Crippen LogP contribution is -2.52. The predicted octanol–water partition coefficient (Wildman–Crippen LogP) is 5.19. The van der Waals surface area contributed by atoms with Crippen LogP contribution >= 0.6 is 0 Å². The van der Waals surface area contributed by atoms with Gasteiger partial charge in [0.2, 0.25) is 0 Å². The van der Waals surface area contributed by atoms with Gasteiger partial charge in [0, 0.05) is 5.69 Å². The second-order valence-electron chi connectivity index (χ2n) is 9.31. The molecule has 0 radical (unpaired) electrons. The van der Waals surface area contributed by atoms with E-state index in [4.69, 9.17) is 19.4 Å². The molecule has 0 aliphatic heterocycles. The third kappa shape index (κ3) is 9.22. The van der Waals surface area contributed by atoms with Gasteiger partial charge in [0.05, 0.1) is 24.5 Å². The van der Waals surface area contributed by atoms with E-state index in [0.717, 1.165) is 0 Å². The Kier molecular flexibility index (Phi) is 10.3. The zero-order valence-electron chi connectivity index (χ0n) is 21.0. The van der Waals surface area contributed by atoms with Gasteiger partial charge in [0.1, 0.15) is 12.2 Å². The number of ether oxygens (including phenoxy) is 3. The van der Waals surface area contributed by atoms with Crippen molar-refractivity contribution in [2.75, 3.05) is 24.7 Å². The third-order valence-corrected chi connectivity index (χ3v) is 4.10. The van der Waals surface area contributed by atoms with Gasteiger partial charge >= 0.3 is 18.2 Å². The third-order valence-electron chi connectivity index (χ3n) is 4.10. The number of carbonyl (C=O) groups is 3. The maximum atomic E-state index is 13.5. The number of hydrogen-bond acceptors (Lipinski definition) is 8. The highest BCUT2D eigenvalue weighted by molar-refractivity contribution is 6.11. The summed E-state index contributed by atoms with van der Waals surface area (Å²) in [6.07, 6.45) is -1.05. The summed E-state index contributed by atoms with van der Waals surface area (Å²) < 4.78 is 16.0. The molecule has 0 aliphatic carbocycles. The van der Waals surface area contributed by atoms with E-state index in [2.05, 4.69) is 11.7 Å². The van der Waals surface area contributed by atoms with Crippen molar-refractivity contribution in [2.45, 2.75) is 59.7 Å². The summed E-state index contributed by atoms with van der Waals surface area (Å²) in [6, 6.07) is 5.51. The maximum absolute atomic E-state index is 13.5. The van der Waals surface area contributed by atoms with Gasteiger partial charge < -0.3 is 19.4 Å². The van der Waals surface area contributed by atoms with Crippen LogP contribution in [-0.4, -0.2) is 65.0 Å². The molecule has 10 nitrogen and oxygen atoms in total. The summed E-state index contributed by atoms with van der Waals surface area (Å²) in [5.41, 5.74) is -0.0526. The van der Waals surface area contributed by atoms with Crippen LogP contribution in [0.3, 0.4) is 0 Å². The Morgan fingerprint density at radius 1 is 1.03 bits per heavy atom. The number of urea groups is 1. The zero-order valence-corrected chi connectivity index (χ0v) is 21.0. The molecule has 0 fully saturated rings. The van der Waals surface area contributed by atoms with Crippen molar-refractivity contribution in [2.24, 2.45) is 5.16 Å². The van der Waals surface area contributed by atoms with E-state index in [9.17, 15) is 14.4 Å². The van der Waals surface area contributed by atoms with Crippen molar-refractivity contribution in [3.63, 3.8) is 0 Å². The molecule has 0 bridgehead atoms. The average Bonchev–Trinajstić information content (AvgIpc) is 2.73. The van der Waals surface area contributed by atoms with Crippen molar-refractivity contribution in [3.05, 3.63) is 42.5 Å². The minimum absolute atomic E-state index is 0.0244. The number of nitrogens with zero attached hydrogens (tertiary/aromatic N) is 3. The van der Waals surface area contributed by atoms with Gasteiger partial charge in [-0.25, -0.2) is 14.4 Å². The molecule has 4 amide bonds. The highest BCUT2D eigenvalue weighted by Gasteiger charge is 2.37. The standard InChI is InChI=1S/C24H35N3O7/c1-9-15-32-21(29)27(22(30)34-24(6,7)8)20(28)26(14-16-33-23(3,4)5)19-12-10-18(11-13-19)17(2)25-31/h9-13,31H,1,14-16H2,2-8H3. The number of rotatable bonds is 7. The van der Waals surface area contributed by atoms with E-state index in [1.807, 2.05) is 20.8 Å². The zero-order chi connectivity index (χ0) is 26.1. The molecule has 0 saturated heterocycles. The molecule has 0 heterocycles. The van der Waals surface area contributed by atoms with Gasteiger partial charge in [-0.05, 0) is 66.2 Å². The second-order valence-corrected chi connectivity index (χ2v) is 9.31. The van der Waals surface area contributed by atoms with Crippen LogP contribution in [0.2, 0.25) is 0 Å². The molecule has 10 heteroatoms. The van der Waals surface area contributed by atoms with Gasteiger partial charge in [0.25, 0.3) is 0 Å². The summed E-state index contributed by atoms with van der Waals surface area (Å²) >= 11 is 0. The van der Waals surface area contributed by atoms with Crippen LogP contribution in [0.25, 0.3) is 0 Å². The molecule has 188 valence electrons. The SMILES string of the molecule is C=CCOC(=O)N(C(=O)OC(C)(C)C)C(=O)N(CCOC(C)(C)C)c1ccc(C(C)=NO)cc1. The van der Waals surface area contributed by atoms with Crippen LogP contribution in [0.1, 0.15) is 54.0 Å². The summed E-state index contributed by atoms with van der Waals surface area (Å²) in [7, 11) is 0. The van der Waals surface area contributed by atoms with Crippen molar-refractivity contribution in [1.29, 1.82) is 0 Å². The minimum Gasteiger partial charge on any atom is -0.444 e. The van der Waals surface area contributed by atoms with Gasteiger partial charge in [-0.2, -0.15) is 0 Å². The van der Waals surface area contributed by atoms with Crippen LogP contribution < -0.4 is 4.90 Å². The van der Waals surface area contributed by atoms with Crippen LogP contribution in [-0.2, 0) is 14.2 Å². The van der Waals surface area contributed by atoms with Gasteiger partial charge in [0.15, 0.2) is 0 Å². The molecule has 0 unspecified atom stereocenters. The molecule has 0 atom stereocenters. The normalized spacial score (nSPS) is 12.0. The number of carbonyl (C=O) groups excluding carboxylic acids is 3. The summed E-state index contributed by atoms with van der Waals surface area (Å²) in [4.78, 5) is 40.5. The minimum atomic E-state index is -1.19. The molecule has 0 saturated carbocycles. The highest BCUT2D eigenvalue weighted by Crippen LogP contribution is 2.21. The maximum Gasteiger partial charge on any atom is 0.428 e. The molecule has 1 aromatic rings. The van der Waals surface area contributed by atoms with Crippen LogP contribution in [0, 0.1) is 0 Å². The van der Waals surface area contributed by atoms with Gasteiger partial charge in [-0.15, -0.1) is 4.90 Å². The topological polar surface area (TPSA) is 118 Å². The Morgan fingerprint density at radius 2 is 1.62 bits per heavy atom. The number of hydrogen-bond donors (Lipinski definition) is 1. The first-order chi connectivity index (χ1) is 15.7. The summed E-state index contributed by atoms with van der Waals surface area (Å²) in [6.45, 7) is 15.5. The van der Waals surface area contributed by atoms with Crippen molar-refractivity contribution < 1.29 is 33.8 Å². The fourth-order valence-corrected chi connectivity index (χ4v) is 2.57. The first-order valence-corrected chi connectivity index (χ1v) is 10.8. The molecule has 34 heavy (non-hydrogen) atoms. The lowest BCUT2D eigenvalue weighted by molar-refractivity contribution is 0.00110. The first kappa shape index (κ1) is 28.6. The first-order valence-electron chi connectivity index (χ1n) is 10.8. The van der Waals surface area contributed by atoms with Gasteiger partial charge in [-0.3, -0.25) is 4.90 Å². The number of oxime groups is 1. The molecule has 1 rings (SSSR count). The Balaban J connectivity index is 3.39. The smallest absolute Gasteiger partial charge is 0.428 e. The van der Waals surface area contributed by atoms with Gasteiger partial charge in [-0.1, -0.05) is 29.9 Å². The molecule has 0 aromatic heterocycles. The Morgan fingerprint density at radius 3 is 2.09 bits per heavy atom. The Labute approximate surface area is 200 Å². The highest BCUT2D eigenvalue weighted by atomic mass is 16.6. The monoisotopic (exact) mass is 477 g/mol. The number of imide groups is 3. The van der Waals surface area contributed by atoms with E-state index < -0.39 is 29.4 Å². The summed E-state index contributed by atoms with van der Waals surface area (Å²) in [5, 5.41) is 12.2. The van der Waals surface area contributed by atoms with Crippen molar-refractivity contribution >= 4 is 29.6 Å². The van der Waals surface area contributed by atoms with E-state index >= 15 is 0 Å². The number of benzene rings is 1. The van der Waals surface area contributed by atoms with E-state index in [1.54, 1.807) is 52.0 Å². The van der Waals surface area contributed by atoms with E-state index in [1.165, 1.54) is 11.0 Å². The predicted molar refractivity (Wildman–Crippen MR) is 129 cm³/mol. The molecule has 1 N–H and O–H groups in total. The second kappa shape index (κ2) is 12.2. The lowest BCUT2D eigenvalue weighted by atomic mass is 10.1. The molecule has 0 aliphatic rings. The van der Waals surface area contributed by atoms with Crippen molar-refractivity contribution in [3.8, 4) is 0 Å². The molecule has 1 aromatic carbocycles. The fraction of sp³-hybridized carbons (Fsp3) is 0.500. The van der Waals surface area contributed by atoms with E-state index in [0.29, 0.717) is 21.9 Å². The Bertz CT molecular complexity index is 897. The molecular weight excluding hydrogens is 442 g/mol. The number of amides is 4. The largest absolute Gasteiger partial charge is 0.444 e. The quantitative estimate of drug-likeness (QED) is 0.249. The van der Waals surface area contributed by atoms with Crippen LogP contribution in [0.5, 0.6) is 0 Å². The average molecular weight is 478 g/mol.